The van der Waals surface area contributed by atoms with Crippen LogP contribution in [0.1, 0.15) is 21.9 Å². The van der Waals surface area contributed by atoms with E-state index in [2.05, 4.69) is 34.9 Å². The van der Waals surface area contributed by atoms with Gasteiger partial charge < -0.3 is 20.8 Å². The maximum Gasteiger partial charge on any atom is 0.121 e. The number of para-hydroxylation sites is 4. The molecule has 0 amide bonds. The minimum Gasteiger partial charge on any atom is -0.508 e. The molecule has 0 aliphatic carbocycles. The predicted molar refractivity (Wildman–Crippen MR) is 134 cm³/mol. The number of fused-ring (bicyclic) bond motifs is 2. The number of hydrogen-bond acceptors (Lipinski definition) is 6. The molecule has 33 heavy (non-hydrogen) atoms. The van der Waals surface area contributed by atoms with Crippen molar-refractivity contribution >= 4 is 34.9 Å². The van der Waals surface area contributed by atoms with Crippen molar-refractivity contribution in [1.82, 2.24) is 0 Å². The van der Waals surface area contributed by atoms with E-state index >= 15 is 0 Å². The second-order valence-corrected chi connectivity index (χ2v) is 9.69. The van der Waals surface area contributed by atoms with Crippen molar-refractivity contribution in [3.63, 3.8) is 0 Å². The summed E-state index contributed by atoms with van der Waals surface area (Å²) in [6.45, 7) is 0. The average molecular weight is 524 g/mol. The summed E-state index contributed by atoms with van der Waals surface area (Å²) in [5.74, 6) is 0.695. The van der Waals surface area contributed by atoms with Gasteiger partial charge in [0.1, 0.15) is 22.2 Å². The van der Waals surface area contributed by atoms with Gasteiger partial charge >= 0.3 is 0 Å². The summed E-state index contributed by atoms with van der Waals surface area (Å²) in [6, 6.07) is 31.3. The molecule has 0 spiro atoms. The first-order valence-electron chi connectivity index (χ1n) is 10.3. The maximum absolute atomic E-state index is 9.80. The van der Waals surface area contributed by atoms with Gasteiger partial charge in [-0.2, -0.15) is 0 Å². The van der Waals surface area contributed by atoms with Gasteiger partial charge in [-0.1, -0.05) is 84.2 Å². The number of phenols is 2. The monoisotopic (exact) mass is 522 g/mol. The molecule has 162 valence electrons. The zero-order valence-corrected chi connectivity index (χ0v) is 22.4. The van der Waals surface area contributed by atoms with E-state index in [1.54, 1.807) is 35.7 Å². The van der Waals surface area contributed by atoms with Crippen LogP contribution in [0.3, 0.4) is 0 Å². The van der Waals surface area contributed by atoms with Gasteiger partial charge in [-0.3, -0.25) is 0 Å². The van der Waals surface area contributed by atoms with Crippen molar-refractivity contribution in [1.29, 1.82) is 0 Å². The van der Waals surface area contributed by atoms with Crippen molar-refractivity contribution < 1.29 is 29.7 Å². The molecule has 4 N–H and O–H groups in total. The van der Waals surface area contributed by atoms with Gasteiger partial charge in [0.05, 0.1) is 0 Å². The van der Waals surface area contributed by atoms with E-state index in [1.165, 1.54) is 9.79 Å². The zero-order chi connectivity index (χ0) is 21.9. The molecule has 2 heterocycles. The normalized spacial score (nSPS) is 17.3. The molecular formula is C26H22N2O2S2Zn. The van der Waals surface area contributed by atoms with Gasteiger partial charge in [-0.15, -0.1) is 0 Å². The summed E-state index contributed by atoms with van der Waals surface area (Å²) in [6.07, 6.45) is 0. The molecule has 2 unspecified atom stereocenters. The summed E-state index contributed by atoms with van der Waals surface area (Å²) in [4.78, 5) is 2.46. The fourth-order valence-corrected chi connectivity index (χ4v) is 6.03. The van der Waals surface area contributed by atoms with Gasteiger partial charge in [-0.05, 0) is 36.4 Å². The van der Waals surface area contributed by atoms with Gasteiger partial charge in [0.15, 0.2) is 0 Å². The molecule has 4 aromatic carbocycles. The SMILES string of the molecule is Oc1ccccc1C1Nc2ccccc2S1.Oc1ccccc1C1Nc2ccccc2S1.[Zn]. The van der Waals surface area contributed by atoms with E-state index < -0.39 is 0 Å². The molecule has 2 aliphatic rings. The van der Waals surface area contributed by atoms with Gasteiger partial charge in [-0.25, -0.2) is 0 Å². The third-order valence-electron chi connectivity index (χ3n) is 5.28. The Morgan fingerprint density at radius 2 is 0.879 bits per heavy atom. The smallest absolute Gasteiger partial charge is 0.121 e. The van der Waals surface area contributed by atoms with E-state index in [9.17, 15) is 10.2 Å². The fraction of sp³-hybridized carbons (Fsp3) is 0.0769. The number of phenolic OH excluding ortho intramolecular Hbond substituents is 2. The number of anilines is 2. The predicted octanol–water partition coefficient (Wildman–Crippen LogP) is 7.21. The van der Waals surface area contributed by atoms with Crippen LogP contribution < -0.4 is 10.6 Å². The van der Waals surface area contributed by atoms with Crippen LogP contribution >= 0.6 is 23.5 Å². The molecule has 4 aromatic rings. The maximum atomic E-state index is 9.80. The second-order valence-electron chi connectivity index (χ2n) is 7.39. The molecular weight excluding hydrogens is 502 g/mol. The third kappa shape index (κ3) is 5.16. The van der Waals surface area contributed by atoms with Crippen molar-refractivity contribution in [2.24, 2.45) is 0 Å². The van der Waals surface area contributed by atoms with E-state index in [1.807, 2.05) is 60.7 Å². The summed E-state index contributed by atoms with van der Waals surface area (Å²) in [5, 5.41) is 26.6. The molecule has 6 rings (SSSR count). The van der Waals surface area contributed by atoms with Crippen LogP contribution in [0.25, 0.3) is 0 Å². The third-order valence-corrected chi connectivity index (χ3v) is 7.71. The summed E-state index contributed by atoms with van der Waals surface area (Å²) >= 11 is 3.46. The largest absolute Gasteiger partial charge is 0.508 e. The molecule has 0 aromatic heterocycles. The first kappa shape index (κ1) is 23.6. The molecule has 0 fully saturated rings. The van der Waals surface area contributed by atoms with Gasteiger partial charge in [0.2, 0.25) is 0 Å². The quantitative estimate of drug-likeness (QED) is 0.208. The van der Waals surface area contributed by atoms with Crippen molar-refractivity contribution in [2.45, 2.75) is 20.5 Å². The Kier molecular flexibility index (Phi) is 7.54. The first-order valence-corrected chi connectivity index (χ1v) is 12.1. The fourth-order valence-electron chi connectivity index (χ4n) is 3.67. The molecule has 7 heteroatoms. The van der Waals surface area contributed by atoms with Crippen molar-refractivity contribution in [3.8, 4) is 11.5 Å². The number of nitrogens with one attached hydrogen (secondary N) is 2. The summed E-state index contributed by atoms with van der Waals surface area (Å²) in [7, 11) is 0. The Morgan fingerprint density at radius 1 is 0.515 bits per heavy atom. The molecule has 4 nitrogen and oxygen atoms in total. The first-order chi connectivity index (χ1) is 15.7. The van der Waals surface area contributed by atoms with E-state index in [0.717, 1.165) is 22.5 Å². The molecule has 0 radical (unpaired) electrons. The van der Waals surface area contributed by atoms with Crippen LogP contribution in [0.5, 0.6) is 11.5 Å². The zero-order valence-electron chi connectivity index (χ0n) is 17.8. The molecule has 0 bridgehead atoms. The van der Waals surface area contributed by atoms with Crippen LogP contribution in [-0.4, -0.2) is 10.2 Å². The number of benzene rings is 4. The Bertz CT molecular complexity index is 1110. The van der Waals surface area contributed by atoms with Gasteiger partial charge in [0, 0.05) is 51.8 Å². The minimum absolute atomic E-state index is 0. The summed E-state index contributed by atoms with van der Waals surface area (Å²) in [5.41, 5.74) is 4.15. The van der Waals surface area contributed by atoms with Crippen molar-refractivity contribution in [3.05, 3.63) is 108 Å². The van der Waals surface area contributed by atoms with E-state index in [-0.39, 0.29) is 30.2 Å². The summed E-state index contributed by atoms with van der Waals surface area (Å²) < 4.78 is 0. The number of hydrogen-bond donors (Lipinski definition) is 4. The van der Waals surface area contributed by atoms with Gasteiger partial charge in [0.25, 0.3) is 0 Å². The van der Waals surface area contributed by atoms with Crippen molar-refractivity contribution in [2.75, 3.05) is 10.6 Å². The Hall–Kier alpha value is -2.60. The Labute approximate surface area is 214 Å². The van der Waals surface area contributed by atoms with Crippen LogP contribution in [0.2, 0.25) is 0 Å². The van der Waals surface area contributed by atoms with Crippen LogP contribution in [-0.2, 0) is 19.5 Å². The van der Waals surface area contributed by atoms with Crippen LogP contribution in [0.15, 0.2) is 107 Å². The molecule has 0 saturated heterocycles. The Morgan fingerprint density at radius 3 is 1.27 bits per heavy atom. The molecule has 0 saturated carbocycles. The minimum atomic E-state index is 0. The second kappa shape index (κ2) is 10.6. The van der Waals surface area contributed by atoms with Crippen LogP contribution in [0.4, 0.5) is 11.4 Å². The van der Waals surface area contributed by atoms with E-state index in [4.69, 9.17) is 0 Å². The van der Waals surface area contributed by atoms with E-state index in [0.29, 0.717) is 11.5 Å². The topological polar surface area (TPSA) is 64.5 Å². The average Bonchev–Trinajstić information content (AvgIpc) is 3.44. The number of thioether (sulfide) groups is 2. The Balaban J connectivity index is 0.000000152. The number of aromatic hydroxyl groups is 2. The van der Waals surface area contributed by atoms with Crippen LogP contribution in [0, 0.1) is 0 Å². The standard InChI is InChI=1S/2C13H11NOS.Zn/c2*15-11-7-3-1-5-9(11)13-14-10-6-2-4-8-12(10)16-13;/h2*1-8,13-15H;. The number of rotatable bonds is 2. The molecule has 2 aliphatic heterocycles. The molecule has 2 atom stereocenters.